The number of para-hydroxylation sites is 1. The van der Waals surface area contributed by atoms with Crippen molar-refractivity contribution in [3.8, 4) is 5.75 Å². The molecule has 1 fully saturated rings. The van der Waals surface area contributed by atoms with Crippen molar-refractivity contribution in [2.24, 2.45) is 5.92 Å². The number of ether oxygens (including phenoxy) is 1. The minimum Gasteiger partial charge on any atom is -0.492 e. The van der Waals surface area contributed by atoms with E-state index in [-0.39, 0.29) is 5.91 Å². The molecule has 0 saturated heterocycles. The summed E-state index contributed by atoms with van der Waals surface area (Å²) in [6, 6.07) is 9.34. The fourth-order valence-electron chi connectivity index (χ4n) is 2.40. The number of carbonyl (C=O) groups is 1. The standard InChI is InChI=1S/C18H21NO3/c1-12-9-15(13(2)22-12)10-19-18(20)16-5-3-4-6-17(16)21-11-14-7-8-14/h3-6,9,14H,7-8,10-11H2,1-2H3,(H,19,20). The van der Waals surface area contributed by atoms with Gasteiger partial charge in [0.2, 0.25) is 0 Å². The molecular weight excluding hydrogens is 278 g/mol. The number of hydrogen-bond acceptors (Lipinski definition) is 3. The van der Waals surface area contributed by atoms with Gasteiger partial charge in [0.15, 0.2) is 0 Å². The lowest BCUT2D eigenvalue weighted by Crippen LogP contribution is -2.23. The Morgan fingerprint density at radius 3 is 2.77 bits per heavy atom. The normalized spacial score (nSPS) is 13.9. The maximum atomic E-state index is 12.4. The zero-order valence-electron chi connectivity index (χ0n) is 13.0. The zero-order valence-corrected chi connectivity index (χ0v) is 13.0. The van der Waals surface area contributed by atoms with Crippen LogP contribution in [0.1, 0.15) is 40.3 Å². The van der Waals surface area contributed by atoms with E-state index in [1.165, 1.54) is 12.8 Å². The maximum absolute atomic E-state index is 12.4. The monoisotopic (exact) mass is 299 g/mol. The van der Waals surface area contributed by atoms with Crippen LogP contribution >= 0.6 is 0 Å². The number of nitrogens with one attached hydrogen (secondary N) is 1. The van der Waals surface area contributed by atoms with Crippen LogP contribution in [0.3, 0.4) is 0 Å². The minimum absolute atomic E-state index is 0.121. The van der Waals surface area contributed by atoms with E-state index in [9.17, 15) is 4.79 Å². The molecule has 1 aliphatic rings. The van der Waals surface area contributed by atoms with E-state index in [4.69, 9.17) is 9.15 Å². The molecule has 0 atom stereocenters. The first kappa shape index (κ1) is 14.7. The molecule has 4 nitrogen and oxygen atoms in total. The van der Waals surface area contributed by atoms with Gasteiger partial charge in [-0.3, -0.25) is 4.79 Å². The van der Waals surface area contributed by atoms with Gasteiger partial charge in [-0.15, -0.1) is 0 Å². The van der Waals surface area contributed by atoms with Crippen molar-refractivity contribution >= 4 is 5.91 Å². The second kappa shape index (κ2) is 6.26. The first-order chi connectivity index (χ1) is 10.6. The number of furan rings is 1. The predicted octanol–water partition coefficient (Wildman–Crippen LogP) is 3.62. The Balaban J connectivity index is 1.64. The van der Waals surface area contributed by atoms with Crippen LogP contribution in [0, 0.1) is 19.8 Å². The molecule has 1 N–H and O–H groups in total. The third-order valence-electron chi connectivity index (χ3n) is 3.89. The van der Waals surface area contributed by atoms with Crippen molar-refractivity contribution in [3.63, 3.8) is 0 Å². The van der Waals surface area contributed by atoms with Crippen LogP contribution in [0.2, 0.25) is 0 Å². The summed E-state index contributed by atoms with van der Waals surface area (Å²) in [6.45, 7) is 4.96. The number of rotatable bonds is 6. The molecule has 0 unspecified atom stereocenters. The molecule has 2 aromatic rings. The van der Waals surface area contributed by atoms with Crippen LogP contribution in [0.25, 0.3) is 0 Å². The van der Waals surface area contributed by atoms with Gasteiger partial charge >= 0.3 is 0 Å². The molecule has 0 spiro atoms. The fourth-order valence-corrected chi connectivity index (χ4v) is 2.40. The Kier molecular flexibility index (Phi) is 4.18. The molecule has 3 rings (SSSR count). The van der Waals surface area contributed by atoms with Gasteiger partial charge in [0.25, 0.3) is 5.91 Å². The van der Waals surface area contributed by atoms with Crippen molar-refractivity contribution in [1.29, 1.82) is 0 Å². The average Bonchev–Trinajstić information content (AvgIpc) is 3.28. The molecule has 4 heteroatoms. The number of aryl methyl sites for hydroxylation is 2. The van der Waals surface area contributed by atoms with Gasteiger partial charge in [0.05, 0.1) is 12.2 Å². The quantitative estimate of drug-likeness (QED) is 0.886. The molecule has 0 aliphatic heterocycles. The van der Waals surface area contributed by atoms with Gasteiger partial charge in [-0.25, -0.2) is 0 Å². The van der Waals surface area contributed by atoms with Crippen molar-refractivity contribution in [2.45, 2.75) is 33.2 Å². The van der Waals surface area contributed by atoms with Crippen LogP contribution in [0.4, 0.5) is 0 Å². The highest BCUT2D eigenvalue weighted by atomic mass is 16.5. The van der Waals surface area contributed by atoms with Crippen molar-refractivity contribution in [1.82, 2.24) is 5.32 Å². The molecular formula is C18H21NO3. The molecule has 22 heavy (non-hydrogen) atoms. The van der Waals surface area contributed by atoms with Crippen LogP contribution in [-0.2, 0) is 6.54 Å². The molecule has 1 heterocycles. The van der Waals surface area contributed by atoms with Crippen molar-refractivity contribution in [3.05, 3.63) is 53.0 Å². The van der Waals surface area contributed by atoms with E-state index < -0.39 is 0 Å². The third-order valence-corrected chi connectivity index (χ3v) is 3.89. The third kappa shape index (κ3) is 3.50. The van der Waals surface area contributed by atoms with Crippen LogP contribution < -0.4 is 10.1 Å². The maximum Gasteiger partial charge on any atom is 0.255 e. The summed E-state index contributed by atoms with van der Waals surface area (Å²) in [6.07, 6.45) is 2.46. The second-order valence-corrected chi connectivity index (χ2v) is 5.87. The van der Waals surface area contributed by atoms with Crippen LogP contribution in [-0.4, -0.2) is 12.5 Å². The lowest BCUT2D eigenvalue weighted by Gasteiger charge is -2.11. The van der Waals surface area contributed by atoms with Gasteiger partial charge < -0.3 is 14.5 Å². The zero-order chi connectivity index (χ0) is 15.5. The van der Waals surface area contributed by atoms with E-state index in [0.717, 1.165) is 17.1 Å². The van der Waals surface area contributed by atoms with E-state index in [1.807, 2.05) is 38.1 Å². The highest BCUT2D eigenvalue weighted by Crippen LogP contribution is 2.30. The van der Waals surface area contributed by atoms with Crippen molar-refractivity contribution in [2.75, 3.05) is 6.61 Å². The topological polar surface area (TPSA) is 51.5 Å². The Hall–Kier alpha value is -2.23. The number of benzene rings is 1. The summed E-state index contributed by atoms with van der Waals surface area (Å²) in [7, 11) is 0. The summed E-state index contributed by atoms with van der Waals surface area (Å²) in [5, 5.41) is 2.93. The van der Waals surface area contributed by atoms with Gasteiger partial charge in [-0.2, -0.15) is 0 Å². The van der Waals surface area contributed by atoms with Gasteiger partial charge in [-0.05, 0) is 50.8 Å². The molecule has 1 saturated carbocycles. The highest BCUT2D eigenvalue weighted by Gasteiger charge is 2.23. The average molecular weight is 299 g/mol. The molecule has 1 aromatic carbocycles. The Morgan fingerprint density at radius 1 is 1.32 bits per heavy atom. The van der Waals surface area contributed by atoms with Gasteiger partial charge in [0.1, 0.15) is 17.3 Å². The highest BCUT2D eigenvalue weighted by molar-refractivity contribution is 5.96. The van der Waals surface area contributed by atoms with Crippen molar-refractivity contribution < 1.29 is 13.9 Å². The van der Waals surface area contributed by atoms with E-state index in [2.05, 4.69) is 5.32 Å². The lowest BCUT2D eigenvalue weighted by molar-refractivity contribution is 0.0946. The largest absolute Gasteiger partial charge is 0.492 e. The Bertz CT molecular complexity index is 671. The predicted molar refractivity (Wildman–Crippen MR) is 84.0 cm³/mol. The van der Waals surface area contributed by atoms with Crippen LogP contribution in [0.5, 0.6) is 5.75 Å². The number of amides is 1. The molecule has 1 amide bonds. The summed E-state index contributed by atoms with van der Waals surface area (Å²) >= 11 is 0. The summed E-state index contributed by atoms with van der Waals surface area (Å²) in [5.74, 6) is 2.90. The summed E-state index contributed by atoms with van der Waals surface area (Å²) < 4.78 is 11.3. The second-order valence-electron chi connectivity index (χ2n) is 5.87. The first-order valence-corrected chi connectivity index (χ1v) is 7.69. The molecule has 0 radical (unpaired) electrons. The van der Waals surface area contributed by atoms with E-state index >= 15 is 0 Å². The van der Waals surface area contributed by atoms with Gasteiger partial charge in [0, 0.05) is 12.1 Å². The summed E-state index contributed by atoms with van der Waals surface area (Å²) in [5.41, 5.74) is 1.59. The summed E-state index contributed by atoms with van der Waals surface area (Å²) in [4.78, 5) is 12.4. The van der Waals surface area contributed by atoms with Crippen LogP contribution in [0.15, 0.2) is 34.7 Å². The first-order valence-electron chi connectivity index (χ1n) is 7.69. The SMILES string of the molecule is Cc1cc(CNC(=O)c2ccccc2OCC2CC2)c(C)o1. The lowest BCUT2D eigenvalue weighted by atomic mass is 10.1. The van der Waals surface area contributed by atoms with E-state index in [1.54, 1.807) is 6.07 Å². The Morgan fingerprint density at radius 2 is 2.09 bits per heavy atom. The molecule has 1 aromatic heterocycles. The number of carbonyl (C=O) groups excluding carboxylic acids is 1. The molecule has 0 bridgehead atoms. The number of hydrogen-bond donors (Lipinski definition) is 1. The molecule has 1 aliphatic carbocycles. The minimum atomic E-state index is -0.121. The fraction of sp³-hybridized carbons (Fsp3) is 0.389. The molecule has 116 valence electrons. The van der Waals surface area contributed by atoms with E-state index in [0.29, 0.717) is 30.4 Å². The van der Waals surface area contributed by atoms with Gasteiger partial charge in [-0.1, -0.05) is 12.1 Å². The Labute approximate surface area is 130 Å². The smallest absolute Gasteiger partial charge is 0.255 e.